The van der Waals surface area contributed by atoms with Crippen LogP contribution in [0, 0.1) is 0 Å². The molecule has 22 heavy (non-hydrogen) atoms. The van der Waals surface area contributed by atoms with Gasteiger partial charge in [-0.05, 0) is 37.0 Å². The monoisotopic (exact) mass is 295 g/mol. The Hall–Kier alpha value is -2.36. The number of piperidine rings is 1. The lowest BCUT2D eigenvalue weighted by Crippen LogP contribution is -2.38. The predicted molar refractivity (Wildman–Crippen MR) is 87.0 cm³/mol. The molecule has 0 N–H and O–H groups in total. The van der Waals surface area contributed by atoms with Crippen molar-refractivity contribution in [1.29, 1.82) is 0 Å². The van der Waals surface area contributed by atoms with Crippen molar-refractivity contribution in [3.8, 4) is 0 Å². The van der Waals surface area contributed by atoms with Crippen molar-refractivity contribution in [3.63, 3.8) is 0 Å². The zero-order valence-electron chi connectivity index (χ0n) is 12.9. The Morgan fingerprint density at radius 3 is 2.77 bits per heavy atom. The van der Waals surface area contributed by atoms with E-state index in [9.17, 15) is 4.79 Å². The van der Waals surface area contributed by atoms with Crippen LogP contribution in [0.15, 0.2) is 48.7 Å². The van der Waals surface area contributed by atoms with Gasteiger partial charge in [-0.25, -0.2) is 0 Å². The van der Waals surface area contributed by atoms with E-state index >= 15 is 0 Å². The molecule has 0 bridgehead atoms. The van der Waals surface area contributed by atoms with E-state index in [1.54, 1.807) is 12.3 Å². The van der Waals surface area contributed by atoms with E-state index in [4.69, 9.17) is 0 Å². The summed E-state index contributed by atoms with van der Waals surface area (Å²) < 4.78 is 1.87. The molecule has 1 atom stereocenters. The van der Waals surface area contributed by atoms with Gasteiger partial charge in [0.05, 0.1) is 11.7 Å². The molecule has 4 heteroatoms. The van der Waals surface area contributed by atoms with Crippen LogP contribution in [-0.4, -0.2) is 27.1 Å². The molecule has 1 aliphatic rings. The molecule has 114 valence electrons. The van der Waals surface area contributed by atoms with E-state index in [0.717, 1.165) is 37.1 Å². The molecule has 0 saturated carbocycles. The zero-order chi connectivity index (χ0) is 15.4. The number of aromatic nitrogens is 2. The lowest BCUT2D eigenvalue weighted by atomic mass is 9.99. The SMILES string of the molecule is Cn1nccc1C1CCCCN1C(=O)C=Cc1ccccc1. The van der Waals surface area contributed by atoms with Crippen molar-refractivity contribution in [2.45, 2.75) is 25.3 Å². The van der Waals surface area contributed by atoms with Gasteiger partial charge in [-0.1, -0.05) is 30.3 Å². The Balaban J connectivity index is 1.77. The van der Waals surface area contributed by atoms with E-state index in [1.165, 1.54) is 0 Å². The van der Waals surface area contributed by atoms with Gasteiger partial charge in [-0.3, -0.25) is 9.48 Å². The van der Waals surface area contributed by atoms with Gasteiger partial charge < -0.3 is 4.90 Å². The number of nitrogens with zero attached hydrogens (tertiary/aromatic N) is 3. The Labute approximate surface area is 131 Å². The lowest BCUT2D eigenvalue weighted by Gasteiger charge is -2.35. The van der Waals surface area contributed by atoms with Gasteiger partial charge in [0.15, 0.2) is 0 Å². The van der Waals surface area contributed by atoms with Crippen LogP contribution in [-0.2, 0) is 11.8 Å². The normalized spacial score (nSPS) is 18.8. The fourth-order valence-electron chi connectivity index (χ4n) is 3.04. The maximum Gasteiger partial charge on any atom is 0.247 e. The first-order chi connectivity index (χ1) is 10.8. The summed E-state index contributed by atoms with van der Waals surface area (Å²) in [5, 5.41) is 4.24. The quantitative estimate of drug-likeness (QED) is 0.816. The summed E-state index contributed by atoms with van der Waals surface area (Å²) in [5.41, 5.74) is 2.16. The molecule has 1 saturated heterocycles. The zero-order valence-corrected chi connectivity index (χ0v) is 12.9. The van der Waals surface area contributed by atoms with Crippen LogP contribution in [0.5, 0.6) is 0 Å². The summed E-state index contributed by atoms with van der Waals surface area (Å²) in [4.78, 5) is 14.6. The summed E-state index contributed by atoms with van der Waals surface area (Å²) in [5.74, 6) is 0.0785. The third kappa shape index (κ3) is 3.11. The van der Waals surface area contributed by atoms with Crippen molar-refractivity contribution in [2.24, 2.45) is 7.05 Å². The van der Waals surface area contributed by atoms with Crippen LogP contribution in [0.3, 0.4) is 0 Å². The minimum absolute atomic E-state index is 0.0785. The maximum atomic E-state index is 12.6. The fourth-order valence-corrected chi connectivity index (χ4v) is 3.04. The summed E-state index contributed by atoms with van der Waals surface area (Å²) in [7, 11) is 1.94. The number of amides is 1. The second-order valence-electron chi connectivity index (χ2n) is 5.67. The minimum Gasteiger partial charge on any atom is -0.331 e. The van der Waals surface area contributed by atoms with Crippen LogP contribution >= 0.6 is 0 Å². The highest BCUT2D eigenvalue weighted by atomic mass is 16.2. The number of aryl methyl sites for hydroxylation is 1. The third-order valence-corrected chi connectivity index (χ3v) is 4.20. The lowest BCUT2D eigenvalue weighted by molar-refractivity contribution is -0.129. The number of benzene rings is 1. The predicted octanol–water partition coefficient (Wildman–Crippen LogP) is 3.19. The molecule has 0 spiro atoms. The molecule has 1 aromatic carbocycles. The van der Waals surface area contributed by atoms with E-state index in [1.807, 2.05) is 59.1 Å². The number of rotatable bonds is 3. The van der Waals surface area contributed by atoms with Crippen molar-refractivity contribution in [3.05, 3.63) is 59.9 Å². The average Bonchev–Trinajstić information content (AvgIpc) is 2.99. The summed E-state index contributed by atoms with van der Waals surface area (Å²) in [6.45, 7) is 0.813. The molecular weight excluding hydrogens is 274 g/mol. The average molecular weight is 295 g/mol. The summed E-state index contributed by atoms with van der Waals surface area (Å²) in [6, 6.07) is 12.1. The first-order valence-electron chi connectivity index (χ1n) is 7.77. The smallest absolute Gasteiger partial charge is 0.247 e. The van der Waals surface area contributed by atoms with E-state index in [-0.39, 0.29) is 11.9 Å². The number of likely N-dealkylation sites (tertiary alicyclic amines) is 1. The molecule has 1 aromatic heterocycles. The largest absolute Gasteiger partial charge is 0.331 e. The Bertz CT molecular complexity index is 660. The Morgan fingerprint density at radius 1 is 1.23 bits per heavy atom. The fraction of sp³-hybridized carbons (Fsp3) is 0.333. The van der Waals surface area contributed by atoms with Crippen molar-refractivity contribution in [2.75, 3.05) is 6.54 Å². The molecule has 2 heterocycles. The molecule has 3 rings (SSSR count). The van der Waals surface area contributed by atoms with Crippen LogP contribution < -0.4 is 0 Å². The highest BCUT2D eigenvalue weighted by Crippen LogP contribution is 2.30. The van der Waals surface area contributed by atoms with E-state index in [2.05, 4.69) is 5.10 Å². The van der Waals surface area contributed by atoms with Crippen molar-refractivity contribution in [1.82, 2.24) is 14.7 Å². The van der Waals surface area contributed by atoms with Crippen molar-refractivity contribution < 1.29 is 4.79 Å². The standard InChI is InChI=1S/C18H21N3O/c1-20-16(12-13-19-20)17-9-5-6-14-21(17)18(22)11-10-15-7-3-2-4-8-15/h2-4,7-8,10-13,17H,5-6,9,14H2,1H3. The molecule has 0 radical (unpaired) electrons. The van der Waals surface area contributed by atoms with Gasteiger partial charge in [0.25, 0.3) is 0 Å². The van der Waals surface area contributed by atoms with Crippen LogP contribution in [0.4, 0.5) is 0 Å². The van der Waals surface area contributed by atoms with Crippen LogP contribution in [0.25, 0.3) is 6.08 Å². The van der Waals surface area contributed by atoms with Crippen molar-refractivity contribution >= 4 is 12.0 Å². The first-order valence-corrected chi connectivity index (χ1v) is 7.77. The molecule has 1 fully saturated rings. The van der Waals surface area contributed by atoms with E-state index < -0.39 is 0 Å². The van der Waals surface area contributed by atoms with Gasteiger partial charge in [0.2, 0.25) is 5.91 Å². The third-order valence-electron chi connectivity index (χ3n) is 4.20. The van der Waals surface area contributed by atoms with Crippen LogP contribution in [0.1, 0.15) is 36.6 Å². The molecule has 2 aromatic rings. The number of hydrogen-bond donors (Lipinski definition) is 0. The van der Waals surface area contributed by atoms with E-state index in [0.29, 0.717) is 0 Å². The molecule has 1 unspecified atom stereocenters. The van der Waals surface area contributed by atoms with Gasteiger partial charge >= 0.3 is 0 Å². The summed E-state index contributed by atoms with van der Waals surface area (Å²) in [6.07, 6.45) is 8.60. The minimum atomic E-state index is 0.0785. The molecule has 4 nitrogen and oxygen atoms in total. The molecular formula is C18H21N3O. The van der Waals surface area contributed by atoms with Gasteiger partial charge in [0, 0.05) is 25.9 Å². The summed E-state index contributed by atoms with van der Waals surface area (Å²) >= 11 is 0. The number of carbonyl (C=O) groups is 1. The van der Waals surface area contributed by atoms with Gasteiger partial charge in [-0.2, -0.15) is 5.10 Å². The highest BCUT2D eigenvalue weighted by molar-refractivity contribution is 5.92. The number of carbonyl (C=O) groups excluding carboxylic acids is 1. The Morgan fingerprint density at radius 2 is 2.05 bits per heavy atom. The molecule has 1 aliphatic heterocycles. The van der Waals surface area contributed by atoms with Gasteiger partial charge in [0.1, 0.15) is 0 Å². The Kier molecular flexibility index (Phi) is 4.37. The number of hydrogen-bond acceptors (Lipinski definition) is 2. The van der Waals surface area contributed by atoms with Gasteiger partial charge in [-0.15, -0.1) is 0 Å². The first kappa shape index (κ1) is 14.6. The second kappa shape index (κ2) is 6.60. The molecule has 0 aliphatic carbocycles. The topological polar surface area (TPSA) is 38.1 Å². The molecule has 1 amide bonds. The highest BCUT2D eigenvalue weighted by Gasteiger charge is 2.28. The maximum absolute atomic E-state index is 12.6. The van der Waals surface area contributed by atoms with Crippen LogP contribution in [0.2, 0.25) is 0 Å². The second-order valence-corrected chi connectivity index (χ2v) is 5.67.